The Labute approximate surface area is 297 Å². The molecule has 3 aliphatic carbocycles. The predicted molar refractivity (Wildman–Crippen MR) is 190 cm³/mol. The van der Waals surface area contributed by atoms with Crippen molar-refractivity contribution >= 4 is 25.2 Å². The number of rotatable bonds is 14. The fraction of sp³-hybridized carbons (Fsp3) is 0.486. The van der Waals surface area contributed by atoms with Gasteiger partial charge in [-0.3, -0.25) is 28.3 Å². The van der Waals surface area contributed by atoms with Crippen LogP contribution in [-0.2, 0) is 36.2 Å². The molecule has 0 bridgehead atoms. The minimum Gasteiger partial charge on any atom is -0.510 e. The average Bonchev–Trinajstić information content (AvgIpc) is 3.06. The van der Waals surface area contributed by atoms with Gasteiger partial charge in [0, 0.05) is 24.6 Å². The summed E-state index contributed by atoms with van der Waals surface area (Å²) in [5.74, 6) is -7.02. The number of nitrogens with two attached hydrogens (primary N) is 1. The number of phenolic OH excluding ortho intramolecular Hbond substituents is 1. The summed E-state index contributed by atoms with van der Waals surface area (Å²) in [5, 5.41) is 45.6. The van der Waals surface area contributed by atoms with Crippen molar-refractivity contribution in [2.24, 2.45) is 17.6 Å². The lowest BCUT2D eigenvalue weighted by atomic mass is 9.58. The van der Waals surface area contributed by atoms with Crippen LogP contribution in [-0.4, -0.2) is 93.0 Å². The number of nitrogens with zero attached hydrogens (tertiary/aromatic N) is 2. The van der Waals surface area contributed by atoms with Gasteiger partial charge in [-0.15, -0.1) is 0 Å². The number of unbranched alkanes of at least 4 members (excludes halogenated alkanes) is 2. The maximum Gasteiger partial charge on any atom is 0.408 e. The van der Waals surface area contributed by atoms with Crippen LogP contribution < -0.4 is 5.73 Å². The van der Waals surface area contributed by atoms with Crippen LogP contribution in [0.4, 0.5) is 0 Å². The van der Waals surface area contributed by atoms with E-state index in [1.165, 1.54) is 11.0 Å². The van der Waals surface area contributed by atoms with Crippen molar-refractivity contribution in [3.05, 3.63) is 75.8 Å². The van der Waals surface area contributed by atoms with Crippen LogP contribution in [0.2, 0.25) is 0 Å². The number of phenols is 1. The second kappa shape index (κ2) is 15.0. The van der Waals surface area contributed by atoms with E-state index in [9.17, 15) is 39.4 Å². The van der Waals surface area contributed by atoms with Gasteiger partial charge in [-0.25, -0.2) is 9.24 Å². The van der Waals surface area contributed by atoms with Crippen LogP contribution in [0, 0.1) is 11.8 Å². The largest absolute Gasteiger partial charge is 0.510 e. The van der Waals surface area contributed by atoms with Crippen LogP contribution in [0.3, 0.4) is 0 Å². The van der Waals surface area contributed by atoms with Gasteiger partial charge in [-0.05, 0) is 87.5 Å². The SMILES string of the molecule is CCCCCN(Cc1cccc(-c2ccc(O)c3c2C[C@H]2C[C@H]4[C@H](N(C)C)C(O)=C(C(N)=O)C(=O)[C@@]4(O)C(O)=C2C3=O)c1)P(=O)(OCC)OCC. The maximum absolute atomic E-state index is 14.2. The second-order valence-corrected chi connectivity index (χ2v) is 15.6. The normalized spacial score (nSPS) is 23.5. The topological polar surface area (TPSA) is 200 Å². The maximum atomic E-state index is 14.2. The zero-order chi connectivity index (χ0) is 37.4. The molecule has 13 nitrogen and oxygen atoms in total. The molecule has 4 atom stereocenters. The zero-order valence-corrected chi connectivity index (χ0v) is 30.6. The Morgan fingerprint density at radius 3 is 2.33 bits per heavy atom. The lowest BCUT2D eigenvalue weighted by molar-refractivity contribution is -0.148. The molecule has 0 unspecified atom stereocenters. The first kappa shape index (κ1) is 38.4. The summed E-state index contributed by atoms with van der Waals surface area (Å²) < 4.78 is 27.0. The molecule has 0 saturated carbocycles. The molecule has 276 valence electrons. The van der Waals surface area contributed by atoms with Gasteiger partial charge < -0.3 is 26.2 Å². The second-order valence-electron chi connectivity index (χ2n) is 13.5. The third-order valence-electron chi connectivity index (χ3n) is 10.2. The molecule has 0 heterocycles. The predicted octanol–water partition coefficient (Wildman–Crippen LogP) is 4.96. The fourth-order valence-corrected chi connectivity index (χ4v) is 9.70. The number of primary amides is 1. The first-order valence-electron chi connectivity index (χ1n) is 17.4. The Bertz CT molecular complexity index is 1830. The summed E-state index contributed by atoms with van der Waals surface area (Å²) in [4.78, 5) is 41.6. The summed E-state index contributed by atoms with van der Waals surface area (Å²) in [6.07, 6.45) is 2.86. The monoisotopic (exact) mass is 725 g/mol. The van der Waals surface area contributed by atoms with E-state index in [1.807, 2.05) is 24.3 Å². The van der Waals surface area contributed by atoms with Crippen LogP contribution in [0.1, 0.15) is 67.9 Å². The van der Waals surface area contributed by atoms with Crippen molar-refractivity contribution in [3.8, 4) is 16.9 Å². The Kier molecular flexibility index (Phi) is 11.3. The van der Waals surface area contributed by atoms with E-state index in [0.29, 0.717) is 17.7 Å². The number of likely N-dealkylation sites (N-methyl/N-ethyl adjacent to an activating group) is 1. The zero-order valence-electron chi connectivity index (χ0n) is 29.7. The highest BCUT2D eigenvalue weighted by Gasteiger charge is 2.63. The number of Topliss-reactive ketones (excluding diaryl/α,β-unsaturated/α-hetero) is 2. The number of aliphatic hydroxyl groups is 3. The number of ketones is 2. The Balaban J connectivity index is 1.58. The Hall–Kier alpha value is -3.84. The standard InChI is InChI=1S/C37H48N3O10P/c1-6-9-10-16-40(51(48,49-7-2)50-8-3)20-21-12-11-13-22(17-21)24-14-15-27(41)29-25(24)18-23-19-26-31(39(4)5)33(43)30(36(38)46)35(45)37(26,47)34(44)28(23)32(29)42/h11-15,17,23,26,31,41,43-44,47H,6-10,16,18-20H2,1-5H3,(H2,38,46)/t23-,26-,31-,37-/m0/s1. The van der Waals surface area contributed by atoms with Crippen LogP contribution >= 0.6 is 7.75 Å². The van der Waals surface area contributed by atoms with Crippen molar-refractivity contribution in [2.45, 2.75) is 71.1 Å². The first-order chi connectivity index (χ1) is 24.2. The summed E-state index contributed by atoms with van der Waals surface area (Å²) in [6, 6.07) is 9.55. The number of benzene rings is 2. The summed E-state index contributed by atoms with van der Waals surface area (Å²) >= 11 is 0. The van der Waals surface area contributed by atoms with Crippen LogP contribution in [0.25, 0.3) is 11.1 Å². The molecule has 51 heavy (non-hydrogen) atoms. The highest BCUT2D eigenvalue weighted by molar-refractivity contribution is 7.51. The smallest absolute Gasteiger partial charge is 0.408 e. The Morgan fingerprint density at radius 1 is 1.04 bits per heavy atom. The number of fused-ring (bicyclic) bond motifs is 3. The molecule has 0 aliphatic heterocycles. The quantitative estimate of drug-likeness (QED) is 0.0998. The third kappa shape index (κ3) is 6.67. The first-order valence-corrected chi connectivity index (χ1v) is 18.9. The van der Waals surface area contributed by atoms with E-state index in [0.717, 1.165) is 30.4 Å². The minimum atomic E-state index is -3.59. The number of amides is 1. The van der Waals surface area contributed by atoms with E-state index in [4.69, 9.17) is 14.8 Å². The molecule has 2 aromatic rings. The van der Waals surface area contributed by atoms with Crippen molar-refractivity contribution in [1.82, 2.24) is 9.57 Å². The van der Waals surface area contributed by atoms with Gasteiger partial charge in [-0.1, -0.05) is 44.0 Å². The molecule has 3 aliphatic rings. The summed E-state index contributed by atoms with van der Waals surface area (Å²) in [5.41, 5.74) is 4.28. The van der Waals surface area contributed by atoms with Crippen molar-refractivity contribution in [2.75, 3.05) is 33.9 Å². The molecule has 6 N–H and O–H groups in total. The molecule has 0 fully saturated rings. The Morgan fingerprint density at radius 2 is 1.73 bits per heavy atom. The van der Waals surface area contributed by atoms with Gasteiger partial charge in [-0.2, -0.15) is 0 Å². The molecule has 5 rings (SSSR count). The molecule has 0 saturated heterocycles. The van der Waals surface area contributed by atoms with E-state index >= 15 is 0 Å². The van der Waals surface area contributed by atoms with Gasteiger partial charge in [0.15, 0.2) is 11.4 Å². The van der Waals surface area contributed by atoms with Crippen LogP contribution in [0.15, 0.2) is 59.1 Å². The highest BCUT2D eigenvalue weighted by atomic mass is 31.2. The molecule has 14 heteroatoms. The summed E-state index contributed by atoms with van der Waals surface area (Å²) in [7, 11) is -0.421. The molecular weight excluding hydrogens is 677 g/mol. The van der Waals surface area contributed by atoms with Gasteiger partial charge in [0.2, 0.25) is 5.78 Å². The number of aromatic hydroxyl groups is 1. The molecule has 1 amide bonds. The van der Waals surface area contributed by atoms with Crippen molar-refractivity contribution in [3.63, 3.8) is 0 Å². The lowest BCUT2D eigenvalue weighted by Gasteiger charge is -2.50. The number of hydrogen-bond acceptors (Lipinski definition) is 11. The molecule has 0 aromatic heterocycles. The molecule has 2 aromatic carbocycles. The average molecular weight is 726 g/mol. The summed E-state index contributed by atoms with van der Waals surface area (Å²) in [6.45, 7) is 6.81. The van der Waals surface area contributed by atoms with E-state index in [-0.39, 0.29) is 49.5 Å². The number of carbonyl (C=O) groups excluding carboxylic acids is 3. The fourth-order valence-electron chi connectivity index (χ4n) is 7.93. The lowest BCUT2D eigenvalue weighted by Crippen LogP contribution is -2.63. The highest BCUT2D eigenvalue weighted by Crippen LogP contribution is 2.54. The van der Waals surface area contributed by atoms with Gasteiger partial charge >= 0.3 is 7.75 Å². The van der Waals surface area contributed by atoms with E-state index in [1.54, 1.807) is 38.7 Å². The van der Waals surface area contributed by atoms with Gasteiger partial charge in [0.05, 0.1) is 24.8 Å². The number of allylic oxidation sites excluding steroid dienone is 1. The van der Waals surface area contributed by atoms with E-state index < -0.39 is 65.8 Å². The van der Waals surface area contributed by atoms with Gasteiger partial charge in [0.1, 0.15) is 22.8 Å². The van der Waals surface area contributed by atoms with E-state index in [2.05, 4.69) is 6.92 Å². The molecule has 0 radical (unpaired) electrons. The minimum absolute atomic E-state index is 0.0161. The molecular formula is C37H48N3O10P. The number of carbonyl (C=O) groups is 3. The van der Waals surface area contributed by atoms with Crippen molar-refractivity contribution in [1.29, 1.82) is 0 Å². The van der Waals surface area contributed by atoms with Crippen molar-refractivity contribution < 1.29 is 48.4 Å². The van der Waals surface area contributed by atoms with Crippen LogP contribution in [0.5, 0.6) is 5.75 Å². The molecule has 0 spiro atoms. The number of hydrogen-bond donors (Lipinski definition) is 5. The van der Waals surface area contributed by atoms with Gasteiger partial charge in [0.25, 0.3) is 5.91 Å². The number of aliphatic hydroxyl groups excluding tert-OH is 2. The third-order valence-corrected chi connectivity index (χ3v) is 12.4.